The van der Waals surface area contributed by atoms with E-state index in [0.717, 1.165) is 0 Å². The Labute approximate surface area is 82.9 Å². The summed E-state index contributed by atoms with van der Waals surface area (Å²) >= 11 is 0. The maximum absolute atomic E-state index is 10.9. The number of allylic oxidation sites excluding steroid dienone is 1. The third-order valence-corrected chi connectivity index (χ3v) is 1.34. The normalized spacial score (nSPS) is 10.9. The van der Waals surface area contributed by atoms with Crippen molar-refractivity contribution in [2.75, 3.05) is 13.7 Å². The Bertz CT molecular complexity index is 231. The quantitative estimate of drug-likeness (QED) is 0.394. The van der Waals surface area contributed by atoms with Crippen LogP contribution >= 0.6 is 0 Å². The largest absolute Gasteiger partial charge is 0.469 e. The van der Waals surface area contributed by atoms with Crippen molar-refractivity contribution in [3.8, 4) is 0 Å². The fraction of sp³-hybridized carbons (Fsp3) is 0.556. The Morgan fingerprint density at radius 2 is 2.07 bits per heavy atom. The van der Waals surface area contributed by atoms with E-state index >= 15 is 0 Å². The third kappa shape index (κ3) is 7.15. The first-order valence-corrected chi connectivity index (χ1v) is 4.23. The maximum atomic E-state index is 10.9. The highest BCUT2D eigenvalue weighted by molar-refractivity contribution is 5.82. The van der Waals surface area contributed by atoms with Gasteiger partial charge in [0.05, 0.1) is 13.7 Å². The molecule has 0 aliphatic heterocycles. The van der Waals surface area contributed by atoms with E-state index in [1.54, 1.807) is 6.92 Å². The zero-order chi connectivity index (χ0) is 11.0. The molecule has 2 N–H and O–H groups in total. The van der Waals surface area contributed by atoms with Crippen LogP contribution in [0.25, 0.3) is 0 Å². The lowest BCUT2D eigenvalue weighted by molar-refractivity contribution is -0.143. The van der Waals surface area contributed by atoms with Crippen LogP contribution in [0.5, 0.6) is 0 Å². The Morgan fingerprint density at radius 3 is 2.57 bits per heavy atom. The lowest BCUT2D eigenvalue weighted by Gasteiger charge is -2.01. The van der Waals surface area contributed by atoms with Crippen molar-refractivity contribution >= 4 is 11.9 Å². The first kappa shape index (κ1) is 12.5. The monoisotopic (exact) mass is 201 g/mol. The summed E-state index contributed by atoms with van der Waals surface area (Å²) in [5.74, 6) is -0.804. The first-order chi connectivity index (χ1) is 6.56. The van der Waals surface area contributed by atoms with Gasteiger partial charge in [-0.2, -0.15) is 0 Å². The summed E-state index contributed by atoms with van der Waals surface area (Å²) in [4.78, 5) is 21.5. The molecule has 0 aromatic rings. The highest BCUT2D eigenvalue weighted by Crippen LogP contribution is 1.94. The molecule has 5 heteroatoms. The summed E-state index contributed by atoms with van der Waals surface area (Å²) in [7, 11) is 1.31. The molecule has 80 valence electrons. The molecule has 0 saturated heterocycles. The summed E-state index contributed by atoms with van der Waals surface area (Å²) < 4.78 is 9.16. The van der Waals surface area contributed by atoms with Crippen molar-refractivity contribution in [2.24, 2.45) is 5.73 Å². The smallest absolute Gasteiger partial charge is 0.332 e. The lowest BCUT2D eigenvalue weighted by Crippen LogP contribution is -2.07. The van der Waals surface area contributed by atoms with E-state index in [4.69, 9.17) is 10.5 Å². The minimum Gasteiger partial charge on any atom is -0.469 e. The van der Waals surface area contributed by atoms with Crippen molar-refractivity contribution in [2.45, 2.75) is 19.8 Å². The van der Waals surface area contributed by atoms with Gasteiger partial charge < -0.3 is 15.2 Å². The second-order valence-corrected chi connectivity index (χ2v) is 2.74. The Hall–Kier alpha value is -1.52. The van der Waals surface area contributed by atoms with Crippen LogP contribution < -0.4 is 5.73 Å². The number of esters is 2. The Balaban J connectivity index is 3.51. The van der Waals surface area contributed by atoms with Crippen molar-refractivity contribution in [1.82, 2.24) is 0 Å². The fourth-order valence-corrected chi connectivity index (χ4v) is 0.719. The number of hydrogen-bond acceptors (Lipinski definition) is 5. The molecule has 0 unspecified atom stereocenters. The second-order valence-electron chi connectivity index (χ2n) is 2.74. The van der Waals surface area contributed by atoms with Crippen molar-refractivity contribution in [3.63, 3.8) is 0 Å². The predicted octanol–water partition coefficient (Wildman–Crippen LogP) is 0.345. The van der Waals surface area contributed by atoms with Crippen LogP contribution in [0, 0.1) is 0 Å². The molecular formula is C9H15NO4. The van der Waals surface area contributed by atoms with Gasteiger partial charge in [-0.25, -0.2) is 4.79 Å². The Morgan fingerprint density at radius 1 is 1.43 bits per heavy atom. The zero-order valence-corrected chi connectivity index (χ0v) is 8.41. The van der Waals surface area contributed by atoms with Crippen LogP contribution in [0.2, 0.25) is 0 Å². The van der Waals surface area contributed by atoms with Crippen LogP contribution in [-0.2, 0) is 19.1 Å². The predicted molar refractivity (Wildman–Crippen MR) is 50.2 cm³/mol. The maximum Gasteiger partial charge on any atom is 0.332 e. The molecule has 14 heavy (non-hydrogen) atoms. The summed E-state index contributed by atoms with van der Waals surface area (Å²) in [5.41, 5.74) is 5.65. The molecule has 0 bridgehead atoms. The molecule has 0 aromatic heterocycles. The van der Waals surface area contributed by atoms with Crippen molar-refractivity contribution in [1.29, 1.82) is 0 Å². The highest BCUT2D eigenvalue weighted by atomic mass is 16.5. The topological polar surface area (TPSA) is 78.6 Å². The van der Waals surface area contributed by atoms with E-state index < -0.39 is 5.97 Å². The van der Waals surface area contributed by atoms with Crippen LogP contribution in [0.1, 0.15) is 19.8 Å². The average molecular weight is 201 g/mol. The standard InChI is InChI=1S/C9H15NO4/c1-7(10)6-9(12)14-5-3-4-8(11)13-2/h6H,3-5,10H2,1-2H3/b7-6+. The van der Waals surface area contributed by atoms with Gasteiger partial charge in [-0.05, 0) is 13.3 Å². The minimum atomic E-state index is -0.491. The number of ether oxygens (including phenoxy) is 2. The van der Waals surface area contributed by atoms with Crippen LogP contribution in [0.3, 0.4) is 0 Å². The van der Waals surface area contributed by atoms with Gasteiger partial charge in [0.25, 0.3) is 0 Å². The molecule has 0 radical (unpaired) electrons. The molecule has 0 fully saturated rings. The number of rotatable bonds is 5. The zero-order valence-electron chi connectivity index (χ0n) is 8.41. The lowest BCUT2D eigenvalue weighted by atomic mass is 10.3. The molecule has 0 atom stereocenters. The van der Waals surface area contributed by atoms with E-state index in [1.807, 2.05) is 0 Å². The summed E-state index contributed by atoms with van der Waals surface area (Å²) in [5, 5.41) is 0. The molecule has 0 spiro atoms. The van der Waals surface area contributed by atoms with Gasteiger partial charge in [-0.15, -0.1) is 0 Å². The van der Waals surface area contributed by atoms with Crippen LogP contribution in [-0.4, -0.2) is 25.7 Å². The summed E-state index contributed by atoms with van der Waals surface area (Å²) in [6, 6.07) is 0. The molecule has 0 aliphatic rings. The number of carbonyl (C=O) groups excluding carboxylic acids is 2. The number of hydrogen-bond donors (Lipinski definition) is 1. The van der Waals surface area contributed by atoms with Crippen molar-refractivity contribution in [3.05, 3.63) is 11.8 Å². The SMILES string of the molecule is COC(=O)CCCOC(=O)/C=C(\C)N. The summed E-state index contributed by atoms with van der Waals surface area (Å²) in [6.07, 6.45) is 1.89. The minimum absolute atomic E-state index is 0.192. The molecule has 0 aliphatic carbocycles. The van der Waals surface area contributed by atoms with E-state index in [-0.39, 0.29) is 19.0 Å². The number of methoxy groups -OCH3 is 1. The molecular weight excluding hydrogens is 186 g/mol. The van der Waals surface area contributed by atoms with Crippen LogP contribution in [0.4, 0.5) is 0 Å². The number of nitrogens with two attached hydrogens (primary N) is 1. The first-order valence-electron chi connectivity index (χ1n) is 4.23. The molecule has 0 aromatic carbocycles. The molecule has 0 heterocycles. The molecule has 5 nitrogen and oxygen atoms in total. The van der Waals surface area contributed by atoms with E-state index in [2.05, 4.69) is 4.74 Å². The van der Waals surface area contributed by atoms with Crippen LogP contribution in [0.15, 0.2) is 11.8 Å². The van der Waals surface area contributed by atoms with Gasteiger partial charge in [0.15, 0.2) is 0 Å². The average Bonchev–Trinajstić information content (AvgIpc) is 2.10. The number of carbonyl (C=O) groups is 2. The fourth-order valence-electron chi connectivity index (χ4n) is 0.719. The van der Waals surface area contributed by atoms with Gasteiger partial charge in [0.2, 0.25) is 0 Å². The molecule has 0 saturated carbocycles. The van der Waals surface area contributed by atoms with Gasteiger partial charge in [0.1, 0.15) is 0 Å². The van der Waals surface area contributed by atoms with Gasteiger partial charge in [-0.1, -0.05) is 0 Å². The summed E-state index contributed by atoms with van der Waals surface area (Å²) in [6.45, 7) is 1.79. The second kappa shape index (κ2) is 6.94. The Kier molecular flexibility index (Phi) is 6.19. The van der Waals surface area contributed by atoms with E-state index in [0.29, 0.717) is 12.1 Å². The van der Waals surface area contributed by atoms with Gasteiger partial charge in [-0.3, -0.25) is 4.79 Å². The van der Waals surface area contributed by atoms with E-state index in [1.165, 1.54) is 13.2 Å². The van der Waals surface area contributed by atoms with E-state index in [9.17, 15) is 9.59 Å². The van der Waals surface area contributed by atoms with Gasteiger partial charge >= 0.3 is 11.9 Å². The third-order valence-electron chi connectivity index (χ3n) is 1.34. The van der Waals surface area contributed by atoms with Gasteiger partial charge in [0, 0.05) is 18.2 Å². The molecule has 0 amide bonds. The van der Waals surface area contributed by atoms with Crippen molar-refractivity contribution < 1.29 is 19.1 Å². The highest BCUT2D eigenvalue weighted by Gasteiger charge is 2.01. The molecule has 0 rings (SSSR count).